The summed E-state index contributed by atoms with van der Waals surface area (Å²) in [5, 5.41) is 9.82. The van der Waals surface area contributed by atoms with Gasteiger partial charge in [-0.3, -0.25) is 0 Å². The highest BCUT2D eigenvalue weighted by molar-refractivity contribution is 6.29. The van der Waals surface area contributed by atoms with E-state index in [4.69, 9.17) is 16.7 Å². The first-order valence-corrected chi connectivity index (χ1v) is 6.51. The molecule has 0 aromatic heterocycles. The second kappa shape index (κ2) is 7.22. The summed E-state index contributed by atoms with van der Waals surface area (Å²) in [7, 11) is 0. The molecule has 1 N–H and O–H groups in total. The first-order chi connectivity index (χ1) is 8.52. The van der Waals surface area contributed by atoms with Crippen LogP contribution >= 0.6 is 11.6 Å². The number of hydrogen-bond acceptors (Lipinski definition) is 1. The second-order valence-corrected chi connectivity index (χ2v) is 5.01. The molecule has 18 heavy (non-hydrogen) atoms. The smallest absolute Gasteiger partial charge is 0.335 e. The van der Waals surface area contributed by atoms with Crippen LogP contribution < -0.4 is 0 Å². The Bertz CT molecular complexity index is 435. The maximum atomic E-state index is 11.0. The van der Waals surface area contributed by atoms with Gasteiger partial charge in [-0.15, -0.1) is 0 Å². The van der Waals surface area contributed by atoms with Crippen molar-refractivity contribution in [2.75, 3.05) is 0 Å². The molecule has 0 fully saturated rings. The lowest BCUT2D eigenvalue weighted by atomic mass is 9.89. The molecular weight excluding hydrogens is 248 g/mol. The van der Waals surface area contributed by atoms with Crippen molar-refractivity contribution in [1.82, 2.24) is 0 Å². The van der Waals surface area contributed by atoms with E-state index < -0.39 is 5.97 Å². The first kappa shape index (κ1) is 14.8. The summed E-state index contributed by atoms with van der Waals surface area (Å²) in [4.78, 5) is 11.0. The number of rotatable bonds is 5. The Morgan fingerprint density at radius 2 is 2.28 bits per heavy atom. The Hall–Kier alpha value is -1.28. The van der Waals surface area contributed by atoms with E-state index in [1.54, 1.807) is 0 Å². The molecule has 0 atom stereocenters. The van der Waals surface area contributed by atoms with Gasteiger partial charge in [-0.2, -0.15) is 0 Å². The van der Waals surface area contributed by atoms with Crippen molar-refractivity contribution in [1.29, 1.82) is 0 Å². The number of carbonyl (C=O) groups is 1. The van der Waals surface area contributed by atoms with E-state index in [2.05, 4.69) is 6.08 Å². The molecule has 1 rings (SSSR count). The van der Waals surface area contributed by atoms with Gasteiger partial charge in [0.15, 0.2) is 0 Å². The van der Waals surface area contributed by atoms with E-state index >= 15 is 0 Å². The van der Waals surface area contributed by atoms with Crippen LogP contribution in [0.1, 0.15) is 39.5 Å². The summed E-state index contributed by atoms with van der Waals surface area (Å²) in [6, 6.07) is 0. The monoisotopic (exact) mass is 266 g/mol. The predicted molar refractivity (Wildman–Crippen MR) is 75.6 cm³/mol. The minimum Gasteiger partial charge on any atom is -0.478 e. The van der Waals surface area contributed by atoms with Gasteiger partial charge in [0.2, 0.25) is 0 Å². The number of aliphatic carboxylic acids is 1. The zero-order valence-electron chi connectivity index (χ0n) is 10.9. The lowest BCUT2D eigenvalue weighted by Gasteiger charge is -2.16. The third-order valence-electron chi connectivity index (χ3n) is 3.03. The molecule has 0 bridgehead atoms. The maximum absolute atomic E-state index is 11.0. The van der Waals surface area contributed by atoms with Gasteiger partial charge in [0.25, 0.3) is 0 Å². The van der Waals surface area contributed by atoms with Crippen LogP contribution in [0.5, 0.6) is 0 Å². The molecule has 2 nitrogen and oxygen atoms in total. The van der Waals surface area contributed by atoms with Gasteiger partial charge in [-0.1, -0.05) is 35.4 Å². The van der Waals surface area contributed by atoms with Gasteiger partial charge < -0.3 is 5.11 Å². The molecule has 0 spiro atoms. The number of allylic oxidation sites excluding steroid dienone is 6. The average molecular weight is 267 g/mol. The first-order valence-electron chi connectivity index (χ1n) is 6.13. The molecule has 0 amide bonds. The molecule has 0 aliphatic heterocycles. The highest BCUT2D eigenvalue weighted by Crippen LogP contribution is 2.28. The van der Waals surface area contributed by atoms with Crippen molar-refractivity contribution >= 4 is 17.6 Å². The van der Waals surface area contributed by atoms with Crippen LogP contribution in [0.25, 0.3) is 0 Å². The molecule has 0 aromatic carbocycles. The largest absolute Gasteiger partial charge is 0.478 e. The summed E-state index contributed by atoms with van der Waals surface area (Å²) in [6.45, 7) is 3.74. The van der Waals surface area contributed by atoms with Crippen molar-refractivity contribution in [2.24, 2.45) is 0 Å². The van der Waals surface area contributed by atoms with E-state index in [1.165, 1.54) is 5.57 Å². The van der Waals surface area contributed by atoms with Crippen molar-refractivity contribution < 1.29 is 9.90 Å². The van der Waals surface area contributed by atoms with Crippen LogP contribution in [0, 0.1) is 0 Å². The van der Waals surface area contributed by atoms with Crippen LogP contribution in [-0.4, -0.2) is 11.1 Å². The Balaban J connectivity index is 2.59. The zero-order chi connectivity index (χ0) is 13.5. The van der Waals surface area contributed by atoms with Gasteiger partial charge >= 0.3 is 5.97 Å². The van der Waals surface area contributed by atoms with Gasteiger partial charge in [-0.25, -0.2) is 4.79 Å². The topological polar surface area (TPSA) is 37.3 Å². The van der Waals surface area contributed by atoms with Crippen LogP contribution in [0.2, 0.25) is 0 Å². The number of carboxylic acids is 1. The fourth-order valence-corrected chi connectivity index (χ4v) is 2.11. The fourth-order valence-electron chi connectivity index (χ4n) is 2.04. The Labute approximate surface area is 113 Å². The molecule has 1 aliphatic rings. The Kier molecular flexibility index (Phi) is 5.93. The lowest BCUT2D eigenvalue weighted by molar-refractivity contribution is -0.132. The van der Waals surface area contributed by atoms with E-state index in [0.717, 1.165) is 36.3 Å². The van der Waals surface area contributed by atoms with Crippen molar-refractivity contribution in [3.05, 3.63) is 46.1 Å². The third-order valence-corrected chi connectivity index (χ3v) is 3.16. The van der Waals surface area contributed by atoms with Gasteiger partial charge in [-0.05, 0) is 51.2 Å². The minimum atomic E-state index is -0.819. The Morgan fingerprint density at radius 1 is 1.56 bits per heavy atom. The highest BCUT2D eigenvalue weighted by Gasteiger charge is 2.16. The molecule has 0 aromatic rings. The molecule has 1 aliphatic carbocycles. The van der Waals surface area contributed by atoms with E-state index in [-0.39, 0.29) is 0 Å². The van der Waals surface area contributed by atoms with Crippen molar-refractivity contribution in [2.45, 2.75) is 39.5 Å². The molecule has 98 valence electrons. The molecule has 0 saturated carbocycles. The number of hydrogen-bond donors (Lipinski definition) is 1. The third kappa shape index (κ3) is 4.53. The molecule has 0 heterocycles. The number of carboxylic acid groups (broad SMARTS) is 1. The summed E-state index contributed by atoms with van der Waals surface area (Å²) in [6.07, 6.45) is 11.3. The van der Waals surface area contributed by atoms with Gasteiger partial charge in [0, 0.05) is 5.03 Å². The van der Waals surface area contributed by atoms with E-state index in [0.29, 0.717) is 5.57 Å². The van der Waals surface area contributed by atoms with Crippen LogP contribution in [-0.2, 0) is 4.79 Å². The van der Waals surface area contributed by atoms with Gasteiger partial charge in [0.05, 0.1) is 5.57 Å². The predicted octanol–water partition coefficient (Wildman–Crippen LogP) is 4.59. The molecule has 0 radical (unpaired) electrons. The quantitative estimate of drug-likeness (QED) is 0.739. The summed E-state index contributed by atoms with van der Waals surface area (Å²) >= 11 is 5.71. The average Bonchev–Trinajstić information content (AvgIpc) is 2.30. The number of halogens is 1. The molecule has 0 unspecified atom stereocenters. The molecular formula is C15H19ClO2. The zero-order valence-corrected chi connectivity index (χ0v) is 11.6. The van der Waals surface area contributed by atoms with Crippen molar-refractivity contribution in [3.63, 3.8) is 0 Å². The summed E-state index contributed by atoms with van der Waals surface area (Å²) < 4.78 is 0. The van der Waals surface area contributed by atoms with E-state index in [9.17, 15) is 4.79 Å². The Morgan fingerprint density at radius 3 is 2.89 bits per heavy atom. The van der Waals surface area contributed by atoms with Crippen molar-refractivity contribution in [3.8, 4) is 0 Å². The maximum Gasteiger partial charge on any atom is 0.335 e. The minimum absolute atomic E-state index is 0.469. The second-order valence-electron chi connectivity index (χ2n) is 4.41. The SMILES string of the molecule is CC1=C(CC/C=C\C=C(/C)Cl)CCC=C1C(=O)O. The van der Waals surface area contributed by atoms with Crippen LogP contribution in [0.15, 0.2) is 46.1 Å². The van der Waals surface area contributed by atoms with Gasteiger partial charge in [0.1, 0.15) is 0 Å². The van der Waals surface area contributed by atoms with Crippen LogP contribution in [0.3, 0.4) is 0 Å². The van der Waals surface area contributed by atoms with Crippen LogP contribution in [0.4, 0.5) is 0 Å². The van der Waals surface area contributed by atoms with E-state index in [1.807, 2.05) is 32.1 Å². The normalized spacial score (nSPS) is 17.3. The molecule has 3 heteroatoms. The summed E-state index contributed by atoms with van der Waals surface area (Å²) in [5.74, 6) is -0.819. The highest BCUT2D eigenvalue weighted by atomic mass is 35.5. The summed E-state index contributed by atoms with van der Waals surface area (Å²) in [5.41, 5.74) is 2.66. The molecule has 0 saturated heterocycles. The standard InChI is InChI=1S/C15H19ClO2/c1-11(16)7-4-3-5-8-13-9-6-10-14(12(13)2)15(17)18/h3-4,7,10H,5-6,8-9H2,1-2H3,(H,17,18)/b4-3-,11-7+. The lowest BCUT2D eigenvalue weighted by Crippen LogP contribution is -2.07. The fraction of sp³-hybridized carbons (Fsp3) is 0.400.